The Morgan fingerprint density at radius 2 is 1.24 bits per heavy atom. The highest BCUT2D eigenvalue weighted by molar-refractivity contribution is 9.11. The average molecular weight is 688 g/mol. The summed E-state index contributed by atoms with van der Waals surface area (Å²) in [7, 11) is 0. The summed E-state index contributed by atoms with van der Waals surface area (Å²) in [6.07, 6.45) is 5.22. The maximum Gasteiger partial charge on any atom is 0.340 e. The lowest BCUT2D eigenvalue weighted by Gasteiger charge is -2.38. The van der Waals surface area contributed by atoms with E-state index >= 15 is 0 Å². The topological polar surface area (TPSA) is 104 Å². The molecule has 0 fully saturated rings. The molecule has 1 heterocycles. The highest BCUT2D eigenvalue weighted by Crippen LogP contribution is 2.56. The van der Waals surface area contributed by atoms with Gasteiger partial charge in [0.25, 0.3) is 0 Å². The maximum absolute atomic E-state index is 13.8. The molecular formula is C33H36Br2O6. The van der Waals surface area contributed by atoms with E-state index in [0.717, 1.165) is 47.9 Å². The van der Waals surface area contributed by atoms with E-state index in [4.69, 9.17) is 4.74 Å². The number of rotatable bonds is 11. The van der Waals surface area contributed by atoms with Crippen molar-refractivity contribution in [3.63, 3.8) is 0 Å². The molecule has 3 aromatic carbocycles. The molecule has 0 aromatic heterocycles. The minimum absolute atomic E-state index is 0.0171. The van der Waals surface area contributed by atoms with Crippen molar-refractivity contribution in [1.82, 2.24) is 0 Å². The van der Waals surface area contributed by atoms with E-state index in [0.29, 0.717) is 45.8 Å². The molecule has 41 heavy (non-hydrogen) atoms. The zero-order valence-electron chi connectivity index (χ0n) is 23.9. The number of hydrogen-bond donors (Lipinski definition) is 3. The molecule has 1 aliphatic rings. The van der Waals surface area contributed by atoms with E-state index in [2.05, 4.69) is 31.9 Å². The van der Waals surface area contributed by atoms with E-state index < -0.39 is 17.5 Å². The van der Waals surface area contributed by atoms with Crippen molar-refractivity contribution in [2.24, 2.45) is 0 Å². The Labute approximate surface area is 258 Å². The van der Waals surface area contributed by atoms with Gasteiger partial charge in [0.15, 0.2) is 5.60 Å². The Balaban J connectivity index is 2.39. The largest absolute Gasteiger partial charge is 0.507 e. The van der Waals surface area contributed by atoms with Crippen LogP contribution in [-0.4, -0.2) is 27.3 Å². The molecule has 0 spiro atoms. The van der Waals surface area contributed by atoms with Gasteiger partial charge in [-0.25, -0.2) is 9.59 Å². The number of phenolic OH excluding ortho intramolecular Hbond substituents is 2. The molecule has 218 valence electrons. The Morgan fingerprint density at radius 1 is 0.780 bits per heavy atom. The van der Waals surface area contributed by atoms with Crippen LogP contribution in [0.3, 0.4) is 0 Å². The molecule has 0 saturated heterocycles. The molecule has 0 saturated carbocycles. The van der Waals surface area contributed by atoms with Crippen LogP contribution in [0.25, 0.3) is 0 Å². The number of aromatic hydroxyl groups is 2. The van der Waals surface area contributed by atoms with Crippen LogP contribution in [0.1, 0.15) is 113 Å². The van der Waals surface area contributed by atoms with Gasteiger partial charge in [-0.15, -0.1) is 0 Å². The number of benzene rings is 3. The summed E-state index contributed by atoms with van der Waals surface area (Å²) in [5, 5.41) is 32.5. The fourth-order valence-electron chi connectivity index (χ4n) is 6.30. The predicted octanol–water partition coefficient (Wildman–Crippen LogP) is 8.59. The maximum atomic E-state index is 13.8. The van der Waals surface area contributed by atoms with E-state index in [-0.39, 0.29) is 28.2 Å². The van der Waals surface area contributed by atoms with Crippen LogP contribution in [0.15, 0.2) is 39.3 Å². The minimum Gasteiger partial charge on any atom is -0.507 e. The third-order valence-electron chi connectivity index (χ3n) is 7.70. The normalized spacial score (nSPS) is 13.8. The van der Waals surface area contributed by atoms with E-state index in [1.165, 1.54) is 6.07 Å². The van der Waals surface area contributed by atoms with Crippen molar-refractivity contribution < 1.29 is 29.6 Å². The van der Waals surface area contributed by atoms with E-state index in [9.17, 15) is 24.9 Å². The fourth-order valence-corrected chi connectivity index (χ4v) is 7.32. The Morgan fingerprint density at radius 3 is 1.66 bits per heavy atom. The summed E-state index contributed by atoms with van der Waals surface area (Å²) in [6, 6.07) is 8.11. The van der Waals surface area contributed by atoms with Crippen LogP contribution < -0.4 is 0 Å². The molecule has 4 rings (SSSR count). The molecule has 0 atom stereocenters. The van der Waals surface area contributed by atoms with Crippen LogP contribution in [0.2, 0.25) is 0 Å². The number of phenols is 2. The number of aromatic carboxylic acids is 1. The summed E-state index contributed by atoms with van der Waals surface area (Å²) in [4.78, 5) is 26.7. The zero-order chi connectivity index (χ0) is 30.1. The molecular weight excluding hydrogens is 652 g/mol. The van der Waals surface area contributed by atoms with Gasteiger partial charge in [-0.3, -0.25) is 0 Å². The predicted molar refractivity (Wildman–Crippen MR) is 166 cm³/mol. The number of cyclic esters (lactones) is 1. The number of fused-ring (bicyclic) bond motifs is 1. The second-order valence-corrected chi connectivity index (χ2v) is 12.1. The first-order valence-corrected chi connectivity index (χ1v) is 15.8. The minimum atomic E-state index is -1.63. The number of carbonyl (C=O) groups excluding carboxylic acids is 1. The first-order valence-electron chi connectivity index (χ1n) is 14.3. The highest BCUT2D eigenvalue weighted by Gasteiger charge is 2.55. The zero-order valence-corrected chi connectivity index (χ0v) is 27.0. The van der Waals surface area contributed by atoms with Crippen LogP contribution in [0.5, 0.6) is 11.5 Å². The van der Waals surface area contributed by atoms with E-state index in [1.54, 1.807) is 24.3 Å². The third-order valence-corrected chi connectivity index (χ3v) is 9.47. The molecule has 1 aliphatic heterocycles. The van der Waals surface area contributed by atoms with Crippen LogP contribution in [-0.2, 0) is 36.0 Å². The van der Waals surface area contributed by atoms with Crippen molar-refractivity contribution in [2.45, 2.75) is 84.7 Å². The van der Waals surface area contributed by atoms with Gasteiger partial charge in [0.2, 0.25) is 0 Å². The third kappa shape index (κ3) is 5.18. The standard InChI is InChI=1S/C33H36Br2O6/c1-5-10-18-16-24(36)29(34)20(12-7-3)26(18)33(28-22(31(38)39)14-9-15-23(28)32(40)41-33)27-19(11-6-2)17-25(37)30(35)21(27)13-8-4/h9,14-17,36-37H,5-8,10-13H2,1-4H3,(H,38,39). The second kappa shape index (κ2) is 12.6. The fraction of sp³-hybridized carbons (Fsp3) is 0.394. The number of aryl methyl sites for hydroxylation is 2. The number of esters is 1. The van der Waals surface area contributed by atoms with Crippen LogP contribution in [0, 0.1) is 0 Å². The number of halogens is 2. The summed E-state index contributed by atoms with van der Waals surface area (Å²) in [6.45, 7) is 8.14. The summed E-state index contributed by atoms with van der Waals surface area (Å²) >= 11 is 7.26. The van der Waals surface area contributed by atoms with Crippen LogP contribution in [0.4, 0.5) is 0 Å². The van der Waals surface area contributed by atoms with Gasteiger partial charge in [-0.1, -0.05) is 59.4 Å². The number of carbonyl (C=O) groups is 2. The second-order valence-electron chi connectivity index (χ2n) is 10.5. The van der Waals surface area contributed by atoms with Gasteiger partial charge in [-0.05, 0) is 104 Å². The van der Waals surface area contributed by atoms with E-state index in [1.807, 2.05) is 27.7 Å². The van der Waals surface area contributed by atoms with Crippen molar-refractivity contribution in [2.75, 3.05) is 0 Å². The number of ether oxygens (including phenoxy) is 1. The first-order chi connectivity index (χ1) is 19.6. The molecule has 6 nitrogen and oxygen atoms in total. The molecule has 8 heteroatoms. The van der Waals surface area contributed by atoms with Crippen molar-refractivity contribution in [3.05, 3.63) is 89.3 Å². The number of hydrogen-bond acceptors (Lipinski definition) is 5. The van der Waals surface area contributed by atoms with Gasteiger partial charge in [0, 0.05) is 16.7 Å². The monoisotopic (exact) mass is 686 g/mol. The number of carboxylic acids is 1. The average Bonchev–Trinajstić information content (AvgIpc) is 3.23. The molecule has 0 bridgehead atoms. The Kier molecular flexibility index (Phi) is 9.54. The first kappa shape index (κ1) is 31.1. The van der Waals surface area contributed by atoms with Gasteiger partial charge in [0.05, 0.1) is 20.1 Å². The Hall–Kier alpha value is -2.84. The smallest absolute Gasteiger partial charge is 0.340 e. The van der Waals surface area contributed by atoms with Gasteiger partial charge < -0.3 is 20.1 Å². The molecule has 3 N–H and O–H groups in total. The SMILES string of the molecule is CCCc1cc(O)c(Br)c(CCC)c1C1(c2c(CCC)cc(O)c(Br)c2CCC)OC(=O)c2cccc(C(=O)O)c21. The van der Waals surface area contributed by atoms with Gasteiger partial charge in [-0.2, -0.15) is 0 Å². The molecule has 0 radical (unpaired) electrons. The van der Waals surface area contributed by atoms with Crippen molar-refractivity contribution in [3.8, 4) is 11.5 Å². The molecule has 0 aliphatic carbocycles. The van der Waals surface area contributed by atoms with Gasteiger partial charge in [0.1, 0.15) is 11.5 Å². The van der Waals surface area contributed by atoms with Gasteiger partial charge >= 0.3 is 11.9 Å². The highest BCUT2D eigenvalue weighted by atomic mass is 79.9. The van der Waals surface area contributed by atoms with Crippen molar-refractivity contribution >= 4 is 43.8 Å². The molecule has 0 amide bonds. The van der Waals surface area contributed by atoms with Crippen LogP contribution >= 0.6 is 31.9 Å². The molecule has 0 unspecified atom stereocenters. The molecule has 3 aromatic rings. The summed E-state index contributed by atoms with van der Waals surface area (Å²) in [5.74, 6) is -1.60. The lowest BCUT2D eigenvalue weighted by atomic mass is 9.69. The summed E-state index contributed by atoms with van der Waals surface area (Å²) in [5.41, 5.74) is 3.31. The lowest BCUT2D eigenvalue weighted by Crippen LogP contribution is -2.36. The Bertz CT molecular complexity index is 1440. The summed E-state index contributed by atoms with van der Waals surface area (Å²) < 4.78 is 7.61. The van der Waals surface area contributed by atoms with Crippen molar-refractivity contribution in [1.29, 1.82) is 0 Å². The quantitative estimate of drug-likeness (QED) is 0.175. The lowest BCUT2D eigenvalue weighted by molar-refractivity contribution is 0.0235. The number of carboxylic acid groups (broad SMARTS) is 1.